The van der Waals surface area contributed by atoms with Crippen molar-refractivity contribution in [2.45, 2.75) is 13.3 Å². The van der Waals surface area contributed by atoms with E-state index in [-0.39, 0.29) is 0 Å². The second-order valence-corrected chi connectivity index (χ2v) is 7.11. The lowest BCUT2D eigenvalue weighted by atomic mass is 10.1. The van der Waals surface area contributed by atoms with Gasteiger partial charge in [0.15, 0.2) is 0 Å². The van der Waals surface area contributed by atoms with E-state index in [1.807, 2.05) is 19.1 Å². The summed E-state index contributed by atoms with van der Waals surface area (Å²) in [6, 6.07) is 20.1. The highest BCUT2D eigenvalue weighted by Gasteiger charge is 2.13. The Labute approximate surface area is 190 Å². The Morgan fingerprint density at radius 2 is 1.69 bits per heavy atom. The van der Waals surface area contributed by atoms with Crippen molar-refractivity contribution in [1.82, 2.24) is 5.43 Å². The monoisotopic (exact) mass is 449 g/mol. The van der Waals surface area contributed by atoms with Crippen molar-refractivity contribution in [1.29, 1.82) is 0 Å². The van der Waals surface area contributed by atoms with Crippen molar-refractivity contribution < 1.29 is 19.1 Å². The lowest BCUT2D eigenvalue weighted by molar-refractivity contribution is -0.136. The molecule has 0 aromatic heterocycles. The van der Waals surface area contributed by atoms with Gasteiger partial charge in [-0.3, -0.25) is 9.59 Å². The zero-order chi connectivity index (χ0) is 22.9. The summed E-state index contributed by atoms with van der Waals surface area (Å²) in [5.41, 5.74) is 4.78. The number of aryl methyl sites for hydroxylation is 1. The van der Waals surface area contributed by atoms with Crippen molar-refractivity contribution in [3.63, 3.8) is 0 Å². The topological polar surface area (TPSA) is 96.9 Å². The smallest absolute Gasteiger partial charge is 0.343 e. The minimum Gasteiger partial charge on any atom is -0.423 e. The van der Waals surface area contributed by atoms with E-state index < -0.39 is 17.8 Å². The third kappa shape index (κ3) is 6.52. The van der Waals surface area contributed by atoms with Gasteiger partial charge in [-0.15, -0.1) is 0 Å². The van der Waals surface area contributed by atoms with Gasteiger partial charge >= 0.3 is 17.8 Å². The van der Waals surface area contributed by atoms with Crippen LogP contribution < -0.4 is 15.5 Å². The molecule has 0 radical (unpaired) electrons. The maximum atomic E-state index is 12.1. The standard InChI is InChI=1S/C24H20ClN3O4/c1-2-16-6-10-20(11-7-16)27-22(29)23(30)28-26-15-17-8-12-21(13-9-17)32-24(31)18-4-3-5-19(25)14-18/h3-15H,2H2,1H3,(H,27,29)(H,28,30)/b26-15+. The fourth-order valence-corrected chi connectivity index (χ4v) is 2.82. The number of ether oxygens (including phenoxy) is 1. The predicted molar refractivity (Wildman–Crippen MR) is 123 cm³/mol. The van der Waals surface area contributed by atoms with E-state index in [0.717, 1.165) is 12.0 Å². The Bertz CT molecular complexity index is 1140. The fourth-order valence-electron chi connectivity index (χ4n) is 2.63. The van der Waals surface area contributed by atoms with Crippen LogP contribution in [0.4, 0.5) is 5.69 Å². The van der Waals surface area contributed by atoms with Crippen LogP contribution in [0.25, 0.3) is 0 Å². The zero-order valence-electron chi connectivity index (χ0n) is 17.2. The van der Waals surface area contributed by atoms with Gasteiger partial charge in [0.05, 0.1) is 11.8 Å². The molecule has 0 aliphatic heterocycles. The minimum atomic E-state index is -0.895. The number of carbonyl (C=O) groups is 3. The predicted octanol–water partition coefficient (Wildman–Crippen LogP) is 4.21. The van der Waals surface area contributed by atoms with Crippen molar-refractivity contribution >= 4 is 41.3 Å². The Kier molecular flexibility index (Phi) is 7.72. The molecule has 0 aliphatic rings. The summed E-state index contributed by atoms with van der Waals surface area (Å²) in [5, 5.41) is 6.72. The van der Waals surface area contributed by atoms with Gasteiger partial charge in [0.2, 0.25) is 0 Å². The average Bonchev–Trinajstić information content (AvgIpc) is 2.80. The van der Waals surface area contributed by atoms with Crippen LogP contribution in [-0.2, 0) is 16.0 Å². The molecule has 0 fully saturated rings. The summed E-state index contributed by atoms with van der Waals surface area (Å²) >= 11 is 5.88. The molecule has 0 spiro atoms. The highest BCUT2D eigenvalue weighted by Crippen LogP contribution is 2.16. The fraction of sp³-hybridized carbons (Fsp3) is 0.0833. The SMILES string of the molecule is CCc1ccc(NC(=O)C(=O)N/N=C/c2ccc(OC(=O)c3cccc(Cl)c3)cc2)cc1. The highest BCUT2D eigenvalue weighted by molar-refractivity contribution is 6.39. The lowest BCUT2D eigenvalue weighted by Crippen LogP contribution is -2.32. The van der Waals surface area contributed by atoms with Crippen LogP contribution in [0.3, 0.4) is 0 Å². The molecular formula is C24H20ClN3O4. The quantitative estimate of drug-likeness (QED) is 0.194. The first-order valence-corrected chi connectivity index (χ1v) is 10.1. The molecule has 0 bridgehead atoms. The van der Waals surface area contributed by atoms with Crippen LogP contribution in [0.2, 0.25) is 5.02 Å². The molecule has 2 amide bonds. The summed E-state index contributed by atoms with van der Waals surface area (Å²) in [4.78, 5) is 36.0. The van der Waals surface area contributed by atoms with Crippen LogP contribution in [-0.4, -0.2) is 24.0 Å². The van der Waals surface area contributed by atoms with Crippen molar-refractivity contribution in [2.75, 3.05) is 5.32 Å². The lowest BCUT2D eigenvalue weighted by Gasteiger charge is -2.05. The Morgan fingerprint density at radius 3 is 2.34 bits per heavy atom. The first-order chi connectivity index (χ1) is 15.4. The van der Waals surface area contributed by atoms with Gasteiger partial charge in [-0.25, -0.2) is 10.2 Å². The number of halogens is 1. The Hall–Kier alpha value is -3.97. The second-order valence-electron chi connectivity index (χ2n) is 6.67. The van der Waals surface area contributed by atoms with Gasteiger partial charge in [-0.2, -0.15) is 5.10 Å². The summed E-state index contributed by atoms with van der Waals surface area (Å²) in [7, 11) is 0. The van der Waals surface area contributed by atoms with Crippen LogP contribution >= 0.6 is 11.6 Å². The number of nitrogens with zero attached hydrogens (tertiary/aromatic N) is 1. The number of hydrogen-bond acceptors (Lipinski definition) is 5. The number of rotatable bonds is 6. The van der Waals surface area contributed by atoms with Gasteiger partial charge in [0.1, 0.15) is 5.75 Å². The summed E-state index contributed by atoms with van der Waals surface area (Å²) in [6.45, 7) is 2.03. The molecule has 8 heteroatoms. The first kappa shape index (κ1) is 22.7. The largest absolute Gasteiger partial charge is 0.423 e. The van der Waals surface area contributed by atoms with Gasteiger partial charge in [-0.05, 0) is 72.1 Å². The van der Waals surface area contributed by atoms with Crippen molar-refractivity contribution in [3.05, 3.63) is 94.5 Å². The number of esters is 1. The third-order valence-corrected chi connectivity index (χ3v) is 4.59. The van der Waals surface area contributed by atoms with Crippen molar-refractivity contribution in [2.24, 2.45) is 5.10 Å². The average molecular weight is 450 g/mol. The van der Waals surface area contributed by atoms with Gasteiger partial charge < -0.3 is 10.1 Å². The van der Waals surface area contributed by atoms with E-state index in [9.17, 15) is 14.4 Å². The summed E-state index contributed by atoms with van der Waals surface area (Å²) in [6.07, 6.45) is 2.25. The van der Waals surface area contributed by atoms with Crippen LogP contribution in [0, 0.1) is 0 Å². The molecule has 0 saturated heterocycles. The number of hydrogen-bond donors (Lipinski definition) is 2. The molecule has 32 heavy (non-hydrogen) atoms. The molecule has 0 saturated carbocycles. The molecule has 162 valence electrons. The van der Waals surface area contributed by atoms with E-state index in [1.54, 1.807) is 54.6 Å². The molecule has 0 aliphatic carbocycles. The molecule has 3 aromatic carbocycles. The molecule has 7 nitrogen and oxygen atoms in total. The van der Waals surface area contributed by atoms with E-state index in [0.29, 0.717) is 27.6 Å². The number of benzene rings is 3. The maximum absolute atomic E-state index is 12.1. The number of anilines is 1. The molecule has 3 aromatic rings. The summed E-state index contributed by atoms with van der Waals surface area (Å²) in [5.74, 6) is -1.91. The van der Waals surface area contributed by atoms with E-state index in [1.165, 1.54) is 12.3 Å². The second kappa shape index (κ2) is 10.9. The number of carbonyl (C=O) groups excluding carboxylic acids is 3. The third-order valence-electron chi connectivity index (χ3n) is 4.36. The van der Waals surface area contributed by atoms with Crippen LogP contribution in [0.5, 0.6) is 5.75 Å². The van der Waals surface area contributed by atoms with Crippen LogP contribution in [0.1, 0.15) is 28.4 Å². The Balaban J connectivity index is 1.50. The number of nitrogens with one attached hydrogen (secondary N) is 2. The van der Waals surface area contributed by atoms with E-state index >= 15 is 0 Å². The van der Waals surface area contributed by atoms with Gasteiger partial charge in [0.25, 0.3) is 0 Å². The van der Waals surface area contributed by atoms with Gasteiger partial charge in [0, 0.05) is 10.7 Å². The first-order valence-electron chi connectivity index (χ1n) is 9.75. The Morgan fingerprint density at radius 1 is 0.969 bits per heavy atom. The van der Waals surface area contributed by atoms with E-state index in [4.69, 9.17) is 16.3 Å². The van der Waals surface area contributed by atoms with E-state index in [2.05, 4.69) is 15.8 Å². The number of amides is 2. The number of hydrazone groups is 1. The normalized spacial score (nSPS) is 10.6. The minimum absolute atomic E-state index is 0.338. The molecule has 0 heterocycles. The maximum Gasteiger partial charge on any atom is 0.343 e. The van der Waals surface area contributed by atoms with Gasteiger partial charge in [-0.1, -0.05) is 36.7 Å². The zero-order valence-corrected chi connectivity index (χ0v) is 17.9. The molecular weight excluding hydrogens is 430 g/mol. The molecule has 2 N–H and O–H groups in total. The molecule has 0 unspecified atom stereocenters. The van der Waals surface area contributed by atoms with Crippen LogP contribution in [0.15, 0.2) is 77.9 Å². The summed E-state index contributed by atoms with van der Waals surface area (Å²) < 4.78 is 5.29. The highest BCUT2D eigenvalue weighted by atomic mass is 35.5. The molecule has 3 rings (SSSR count). The molecule has 0 atom stereocenters. The van der Waals surface area contributed by atoms with Crippen molar-refractivity contribution in [3.8, 4) is 5.75 Å².